The molecule has 1 heterocycles. The topological polar surface area (TPSA) is 60.5 Å². The minimum atomic E-state index is -0.231. The molecule has 0 aliphatic carbocycles. The predicted octanol–water partition coefficient (Wildman–Crippen LogP) is 4.65. The lowest BCUT2D eigenvalue weighted by Crippen LogP contribution is -2.12. The van der Waals surface area contributed by atoms with E-state index in [2.05, 4.69) is 16.4 Å². The zero-order valence-corrected chi connectivity index (χ0v) is 15.4. The lowest BCUT2D eigenvalue weighted by atomic mass is 10.2. The molecule has 130 valence electrons. The molecule has 0 saturated carbocycles. The Morgan fingerprint density at radius 1 is 1.16 bits per heavy atom. The molecule has 0 atom stereocenters. The maximum absolute atomic E-state index is 12.5. The highest BCUT2D eigenvalue weighted by molar-refractivity contribution is 7.22. The van der Waals surface area contributed by atoms with Gasteiger partial charge in [-0.15, -0.1) is 0 Å². The van der Waals surface area contributed by atoms with E-state index in [4.69, 9.17) is 9.47 Å². The van der Waals surface area contributed by atoms with Gasteiger partial charge < -0.3 is 9.47 Å². The number of methoxy groups -OCH3 is 1. The number of nitrogens with zero attached hydrogens (tertiary/aromatic N) is 1. The van der Waals surface area contributed by atoms with Crippen LogP contribution in [-0.4, -0.2) is 24.1 Å². The molecule has 5 nitrogen and oxygen atoms in total. The third-order valence-corrected chi connectivity index (χ3v) is 4.49. The Morgan fingerprint density at radius 2 is 1.96 bits per heavy atom. The van der Waals surface area contributed by atoms with Gasteiger partial charge in [-0.3, -0.25) is 10.1 Å². The summed E-state index contributed by atoms with van der Waals surface area (Å²) in [6, 6.07) is 11.2. The van der Waals surface area contributed by atoms with Gasteiger partial charge in [0.1, 0.15) is 0 Å². The summed E-state index contributed by atoms with van der Waals surface area (Å²) in [6.45, 7) is 5.91. The average molecular weight is 356 g/mol. The van der Waals surface area contributed by atoms with E-state index < -0.39 is 0 Å². The second-order valence-electron chi connectivity index (χ2n) is 5.98. The summed E-state index contributed by atoms with van der Waals surface area (Å²) in [6.07, 6.45) is 0.0276. The molecule has 0 saturated heterocycles. The molecular weight excluding hydrogens is 336 g/mol. The van der Waals surface area contributed by atoms with Crippen LogP contribution in [0.3, 0.4) is 0 Å². The molecule has 1 amide bonds. The summed E-state index contributed by atoms with van der Waals surface area (Å²) in [5, 5.41) is 3.43. The van der Waals surface area contributed by atoms with Gasteiger partial charge >= 0.3 is 0 Å². The van der Waals surface area contributed by atoms with E-state index in [9.17, 15) is 4.79 Å². The average Bonchev–Trinajstić information content (AvgIpc) is 2.95. The van der Waals surface area contributed by atoms with Gasteiger partial charge in [-0.1, -0.05) is 17.4 Å². The van der Waals surface area contributed by atoms with Gasteiger partial charge in [0.15, 0.2) is 16.6 Å². The van der Waals surface area contributed by atoms with Crippen LogP contribution >= 0.6 is 11.3 Å². The molecule has 3 rings (SSSR count). The molecule has 1 N–H and O–H groups in total. The smallest absolute Gasteiger partial charge is 0.257 e. The lowest BCUT2D eigenvalue weighted by Gasteiger charge is -2.14. The van der Waals surface area contributed by atoms with Crippen LogP contribution in [0.5, 0.6) is 11.5 Å². The number of hydrogen-bond donors (Lipinski definition) is 1. The number of anilines is 1. The summed E-state index contributed by atoms with van der Waals surface area (Å²) < 4.78 is 12.1. The zero-order valence-electron chi connectivity index (χ0n) is 14.6. The van der Waals surface area contributed by atoms with Gasteiger partial charge in [-0.05, 0) is 56.7 Å². The second kappa shape index (κ2) is 7.11. The van der Waals surface area contributed by atoms with Crippen molar-refractivity contribution in [2.45, 2.75) is 26.9 Å². The first-order valence-electron chi connectivity index (χ1n) is 7.99. The van der Waals surface area contributed by atoms with Crippen molar-refractivity contribution in [1.82, 2.24) is 4.98 Å². The summed E-state index contributed by atoms with van der Waals surface area (Å²) in [5.74, 6) is 0.913. The van der Waals surface area contributed by atoms with Crippen molar-refractivity contribution in [2.75, 3.05) is 12.4 Å². The molecule has 3 aromatic rings. The minimum absolute atomic E-state index is 0.0276. The number of hydrogen-bond acceptors (Lipinski definition) is 5. The molecule has 25 heavy (non-hydrogen) atoms. The molecule has 0 aliphatic rings. The van der Waals surface area contributed by atoms with Crippen LogP contribution in [0, 0.1) is 6.92 Å². The fourth-order valence-corrected chi connectivity index (χ4v) is 3.37. The van der Waals surface area contributed by atoms with Crippen molar-refractivity contribution in [1.29, 1.82) is 0 Å². The Kier molecular flexibility index (Phi) is 4.90. The molecular formula is C19H20N2O3S. The molecule has 0 radical (unpaired) electrons. The number of aryl methyl sites for hydroxylation is 1. The molecule has 6 heteroatoms. The van der Waals surface area contributed by atoms with Crippen LogP contribution in [-0.2, 0) is 0 Å². The fraction of sp³-hybridized carbons (Fsp3) is 0.263. The van der Waals surface area contributed by atoms with Crippen molar-refractivity contribution < 1.29 is 14.3 Å². The van der Waals surface area contributed by atoms with E-state index in [0.29, 0.717) is 22.2 Å². The SMILES string of the molecule is COc1cc(C(=O)Nc2nc3ccc(C)cc3s2)ccc1OC(C)C. The minimum Gasteiger partial charge on any atom is -0.493 e. The normalized spacial score (nSPS) is 10.9. The Morgan fingerprint density at radius 3 is 2.68 bits per heavy atom. The lowest BCUT2D eigenvalue weighted by molar-refractivity contribution is 0.102. The van der Waals surface area contributed by atoms with E-state index in [1.807, 2.05) is 32.9 Å². The molecule has 0 aliphatic heterocycles. The van der Waals surface area contributed by atoms with Gasteiger partial charge in [0.25, 0.3) is 5.91 Å². The number of fused-ring (bicyclic) bond motifs is 1. The predicted molar refractivity (Wildman–Crippen MR) is 101 cm³/mol. The highest BCUT2D eigenvalue weighted by Gasteiger charge is 2.14. The summed E-state index contributed by atoms with van der Waals surface area (Å²) in [7, 11) is 1.56. The van der Waals surface area contributed by atoms with Gasteiger partial charge in [-0.2, -0.15) is 0 Å². The van der Waals surface area contributed by atoms with Crippen LogP contribution < -0.4 is 14.8 Å². The number of aromatic nitrogens is 1. The van der Waals surface area contributed by atoms with Crippen LogP contribution in [0.15, 0.2) is 36.4 Å². The molecule has 2 aromatic carbocycles. The Balaban J connectivity index is 1.82. The van der Waals surface area contributed by atoms with Crippen LogP contribution in [0.25, 0.3) is 10.2 Å². The van der Waals surface area contributed by atoms with Gasteiger partial charge in [0.2, 0.25) is 0 Å². The Hall–Kier alpha value is -2.60. The molecule has 0 fully saturated rings. The van der Waals surface area contributed by atoms with E-state index in [1.54, 1.807) is 25.3 Å². The number of thiazole rings is 1. The number of rotatable bonds is 5. The number of benzene rings is 2. The quantitative estimate of drug-likeness (QED) is 0.723. The first-order chi connectivity index (χ1) is 12.0. The highest BCUT2D eigenvalue weighted by Crippen LogP contribution is 2.30. The van der Waals surface area contributed by atoms with Crippen molar-refractivity contribution in [2.24, 2.45) is 0 Å². The third-order valence-electron chi connectivity index (χ3n) is 3.55. The number of carbonyl (C=O) groups excluding carboxylic acids is 1. The summed E-state index contributed by atoms with van der Waals surface area (Å²) in [4.78, 5) is 17.0. The largest absolute Gasteiger partial charge is 0.493 e. The van der Waals surface area contributed by atoms with Crippen LogP contribution in [0.2, 0.25) is 0 Å². The van der Waals surface area contributed by atoms with E-state index in [1.165, 1.54) is 16.9 Å². The van der Waals surface area contributed by atoms with Gasteiger partial charge in [-0.25, -0.2) is 4.98 Å². The Bertz CT molecular complexity index is 918. The first kappa shape index (κ1) is 17.2. The maximum Gasteiger partial charge on any atom is 0.257 e. The monoisotopic (exact) mass is 356 g/mol. The van der Waals surface area contributed by atoms with Crippen molar-refractivity contribution in [3.63, 3.8) is 0 Å². The number of carbonyl (C=O) groups is 1. The van der Waals surface area contributed by atoms with Crippen molar-refractivity contribution in [3.8, 4) is 11.5 Å². The van der Waals surface area contributed by atoms with Crippen molar-refractivity contribution >= 4 is 32.6 Å². The highest BCUT2D eigenvalue weighted by atomic mass is 32.1. The van der Waals surface area contributed by atoms with Gasteiger partial charge in [0, 0.05) is 5.56 Å². The van der Waals surface area contributed by atoms with E-state index >= 15 is 0 Å². The van der Waals surface area contributed by atoms with Crippen molar-refractivity contribution in [3.05, 3.63) is 47.5 Å². The molecule has 0 unspecified atom stereocenters. The number of ether oxygens (including phenoxy) is 2. The van der Waals surface area contributed by atoms with E-state index in [0.717, 1.165) is 10.2 Å². The van der Waals surface area contributed by atoms with Crippen LogP contribution in [0.1, 0.15) is 29.8 Å². The second-order valence-corrected chi connectivity index (χ2v) is 7.01. The third kappa shape index (κ3) is 3.91. The molecule has 1 aromatic heterocycles. The maximum atomic E-state index is 12.5. The first-order valence-corrected chi connectivity index (χ1v) is 8.81. The standard InChI is InChI=1S/C19H20N2O3S/c1-11(2)24-15-8-6-13(10-16(15)23-4)18(22)21-19-20-14-7-5-12(3)9-17(14)25-19/h5-11H,1-4H3,(H,20,21,22). The van der Waals surface area contributed by atoms with E-state index in [-0.39, 0.29) is 12.0 Å². The molecule has 0 spiro atoms. The number of nitrogens with one attached hydrogen (secondary N) is 1. The summed E-state index contributed by atoms with van der Waals surface area (Å²) >= 11 is 1.46. The zero-order chi connectivity index (χ0) is 18.0. The van der Waals surface area contributed by atoms with Crippen LogP contribution in [0.4, 0.5) is 5.13 Å². The van der Waals surface area contributed by atoms with Gasteiger partial charge in [0.05, 0.1) is 23.4 Å². The Labute approximate surface area is 150 Å². The molecule has 0 bridgehead atoms. The number of amides is 1. The summed E-state index contributed by atoms with van der Waals surface area (Å²) in [5.41, 5.74) is 2.53. The fourth-order valence-electron chi connectivity index (χ4n) is 2.41.